The van der Waals surface area contributed by atoms with Crippen LogP contribution in [-0.4, -0.2) is 42.0 Å². The number of carbonyl (C=O) groups excluding carboxylic acids is 3. The molecule has 9 heteroatoms. The van der Waals surface area contributed by atoms with Gasteiger partial charge in [-0.3, -0.25) is 14.5 Å². The third-order valence-corrected chi connectivity index (χ3v) is 7.00. The first-order valence-electron chi connectivity index (χ1n) is 10.8. The Morgan fingerprint density at radius 2 is 1.74 bits per heavy atom. The fourth-order valence-corrected chi connectivity index (χ4v) is 5.05. The third kappa shape index (κ3) is 4.19. The Balaban J connectivity index is 1.93. The number of hydrogen-bond acceptors (Lipinski definition) is 8. The maximum absolute atomic E-state index is 13.3. The molecule has 1 N–H and O–H groups in total. The molecule has 2 heterocycles. The Hall–Kier alpha value is -3.98. The van der Waals surface area contributed by atoms with Crippen molar-refractivity contribution < 1.29 is 29.0 Å². The number of methoxy groups -OCH3 is 2. The quantitative estimate of drug-likeness (QED) is 0.242. The second kappa shape index (κ2) is 9.34. The highest BCUT2D eigenvalue weighted by Gasteiger charge is 2.48. The number of anilines is 1. The highest BCUT2D eigenvalue weighted by molar-refractivity contribution is 7.17. The summed E-state index contributed by atoms with van der Waals surface area (Å²) in [5, 5.41) is 11.4. The van der Waals surface area contributed by atoms with Crippen LogP contribution in [-0.2, 0) is 14.3 Å². The molecule has 1 saturated heterocycles. The molecule has 1 unspecified atom stereocenters. The highest BCUT2D eigenvalue weighted by Crippen LogP contribution is 2.44. The van der Waals surface area contributed by atoms with Crippen molar-refractivity contribution in [3.05, 3.63) is 80.9 Å². The predicted octanol–water partition coefficient (Wildman–Crippen LogP) is 4.49. The van der Waals surface area contributed by atoms with E-state index in [2.05, 4.69) is 4.98 Å². The molecule has 2 aromatic carbocycles. The summed E-state index contributed by atoms with van der Waals surface area (Å²) < 4.78 is 10.1. The van der Waals surface area contributed by atoms with Crippen LogP contribution in [0, 0.1) is 20.8 Å². The van der Waals surface area contributed by atoms with Gasteiger partial charge in [0, 0.05) is 5.56 Å². The largest absolute Gasteiger partial charge is 0.507 e. The molecule has 0 bridgehead atoms. The van der Waals surface area contributed by atoms with Crippen LogP contribution in [0.5, 0.6) is 5.75 Å². The fourth-order valence-electron chi connectivity index (χ4n) is 4.04. The molecule has 180 valence electrons. The summed E-state index contributed by atoms with van der Waals surface area (Å²) in [4.78, 5) is 44.6. The van der Waals surface area contributed by atoms with Crippen LogP contribution < -0.4 is 9.64 Å². The SMILES string of the molecule is COC(=O)c1sc(N2C(=O)C(=O)C(=C(O)c3ccc(OC)c(C)c3)C2c2ccc(C)cc2)nc1C. The number of aliphatic hydroxyl groups is 1. The van der Waals surface area contributed by atoms with E-state index in [0.717, 1.165) is 22.5 Å². The second-order valence-corrected chi connectivity index (χ2v) is 9.14. The molecule has 3 aromatic rings. The number of aromatic nitrogens is 1. The van der Waals surface area contributed by atoms with Gasteiger partial charge in [0.1, 0.15) is 16.4 Å². The zero-order chi connectivity index (χ0) is 25.4. The standard InChI is InChI=1S/C26H24N2O6S/c1-13-6-8-16(9-7-13)20-19(21(29)17-10-11-18(33-4)14(2)12-17)22(30)24(31)28(20)26-27-15(3)23(35-26)25(32)34-5/h6-12,20,29H,1-5H3. The molecule has 1 aliphatic rings. The molecule has 8 nitrogen and oxygen atoms in total. The van der Waals surface area contributed by atoms with Gasteiger partial charge in [0.25, 0.3) is 5.78 Å². The van der Waals surface area contributed by atoms with Gasteiger partial charge in [0.15, 0.2) is 5.13 Å². The van der Waals surface area contributed by atoms with Gasteiger partial charge < -0.3 is 14.6 Å². The van der Waals surface area contributed by atoms with Gasteiger partial charge in [-0.05, 0) is 50.1 Å². The highest BCUT2D eigenvalue weighted by atomic mass is 32.1. The average molecular weight is 493 g/mol. The summed E-state index contributed by atoms with van der Waals surface area (Å²) in [7, 11) is 2.81. The van der Waals surface area contributed by atoms with Gasteiger partial charge in [0.2, 0.25) is 0 Å². The Bertz CT molecular complexity index is 1370. The predicted molar refractivity (Wildman–Crippen MR) is 132 cm³/mol. The first kappa shape index (κ1) is 24.2. The van der Waals surface area contributed by atoms with E-state index in [4.69, 9.17) is 9.47 Å². The van der Waals surface area contributed by atoms with Crippen LogP contribution in [0.25, 0.3) is 5.76 Å². The molecule has 0 aliphatic carbocycles. The minimum atomic E-state index is -0.936. The molecule has 0 spiro atoms. The Kier molecular flexibility index (Phi) is 6.45. The molecule has 4 rings (SSSR count). The lowest BCUT2D eigenvalue weighted by Gasteiger charge is -2.23. The molecule has 1 amide bonds. The number of ether oxygens (including phenoxy) is 2. The number of hydrogen-bond donors (Lipinski definition) is 1. The number of aryl methyl sites for hydroxylation is 3. The number of thiazole rings is 1. The smallest absolute Gasteiger partial charge is 0.350 e. The van der Waals surface area contributed by atoms with E-state index in [1.807, 2.05) is 26.0 Å². The summed E-state index contributed by atoms with van der Waals surface area (Å²) in [6.07, 6.45) is 0. The van der Waals surface area contributed by atoms with Crippen LogP contribution in [0.2, 0.25) is 0 Å². The van der Waals surface area contributed by atoms with Crippen LogP contribution >= 0.6 is 11.3 Å². The molecule has 1 aliphatic heterocycles. The fraction of sp³-hybridized carbons (Fsp3) is 0.231. The first-order valence-corrected chi connectivity index (χ1v) is 11.6. The number of esters is 1. The van der Waals surface area contributed by atoms with Gasteiger partial charge in [-0.1, -0.05) is 41.2 Å². The molecule has 1 fully saturated rings. The number of amides is 1. The molecule has 35 heavy (non-hydrogen) atoms. The normalized spacial score (nSPS) is 17.1. The Morgan fingerprint density at radius 1 is 1.06 bits per heavy atom. The zero-order valence-corrected chi connectivity index (χ0v) is 20.7. The summed E-state index contributed by atoms with van der Waals surface area (Å²) in [6.45, 7) is 5.37. The first-order chi connectivity index (χ1) is 16.7. The van der Waals surface area contributed by atoms with Crippen LogP contribution in [0.1, 0.15) is 43.7 Å². The lowest BCUT2D eigenvalue weighted by atomic mass is 9.94. The molecule has 0 radical (unpaired) electrons. The maximum atomic E-state index is 13.3. The van der Waals surface area contributed by atoms with Crippen molar-refractivity contribution in [2.45, 2.75) is 26.8 Å². The minimum absolute atomic E-state index is 0.0594. The number of nitrogens with zero attached hydrogens (tertiary/aromatic N) is 2. The number of aliphatic hydroxyl groups excluding tert-OH is 1. The molecule has 1 atom stereocenters. The van der Waals surface area contributed by atoms with E-state index in [1.54, 1.807) is 44.4 Å². The van der Waals surface area contributed by atoms with Crippen molar-refractivity contribution >= 4 is 39.9 Å². The summed E-state index contributed by atoms with van der Waals surface area (Å²) in [6, 6.07) is 11.4. The lowest BCUT2D eigenvalue weighted by Crippen LogP contribution is -2.29. The zero-order valence-electron chi connectivity index (χ0n) is 19.9. The van der Waals surface area contributed by atoms with Gasteiger partial charge in [-0.15, -0.1) is 0 Å². The lowest BCUT2D eigenvalue weighted by molar-refractivity contribution is -0.132. The van der Waals surface area contributed by atoms with E-state index in [-0.39, 0.29) is 21.3 Å². The molecular weight excluding hydrogens is 468 g/mol. The molecule has 1 aromatic heterocycles. The van der Waals surface area contributed by atoms with E-state index in [0.29, 0.717) is 22.6 Å². The van der Waals surface area contributed by atoms with Crippen molar-refractivity contribution in [3.63, 3.8) is 0 Å². The number of rotatable bonds is 5. The van der Waals surface area contributed by atoms with Crippen molar-refractivity contribution in [2.75, 3.05) is 19.1 Å². The molecular formula is C26H24N2O6S. The third-order valence-electron chi connectivity index (χ3n) is 5.87. The van der Waals surface area contributed by atoms with Crippen LogP contribution in [0.3, 0.4) is 0 Å². The van der Waals surface area contributed by atoms with Gasteiger partial charge in [-0.2, -0.15) is 0 Å². The van der Waals surface area contributed by atoms with Crippen molar-refractivity contribution in [2.24, 2.45) is 0 Å². The van der Waals surface area contributed by atoms with E-state index in [1.165, 1.54) is 12.0 Å². The minimum Gasteiger partial charge on any atom is -0.507 e. The van der Waals surface area contributed by atoms with Gasteiger partial charge >= 0.3 is 11.9 Å². The number of ketones is 1. The number of benzene rings is 2. The summed E-state index contributed by atoms with van der Waals surface area (Å²) in [5.74, 6) is -1.93. The van der Waals surface area contributed by atoms with Gasteiger partial charge in [-0.25, -0.2) is 9.78 Å². The van der Waals surface area contributed by atoms with Gasteiger partial charge in [0.05, 0.1) is 31.5 Å². The average Bonchev–Trinajstić information content (AvgIpc) is 3.35. The summed E-state index contributed by atoms with van der Waals surface area (Å²) in [5.41, 5.74) is 3.08. The van der Waals surface area contributed by atoms with Crippen molar-refractivity contribution in [3.8, 4) is 5.75 Å². The number of Topliss-reactive ketones (excluding diaryl/α,β-unsaturated/α-hetero) is 1. The van der Waals surface area contributed by atoms with Crippen molar-refractivity contribution in [1.82, 2.24) is 4.98 Å². The van der Waals surface area contributed by atoms with Crippen LogP contribution in [0.15, 0.2) is 48.0 Å². The second-order valence-electron chi connectivity index (χ2n) is 8.17. The monoisotopic (exact) mass is 492 g/mol. The Labute approximate surface area is 206 Å². The van der Waals surface area contributed by atoms with E-state index < -0.39 is 23.7 Å². The summed E-state index contributed by atoms with van der Waals surface area (Å²) >= 11 is 0.960. The Morgan fingerprint density at radius 3 is 2.34 bits per heavy atom. The molecule has 0 saturated carbocycles. The van der Waals surface area contributed by atoms with E-state index >= 15 is 0 Å². The number of carbonyl (C=O) groups is 3. The van der Waals surface area contributed by atoms with Crippen LogP contribution in [0.4, 0.5) is 5.13 Å². The van der Waals surface area contributed by atoms with E-state index in [9.17, 15) is 19.5 Å². The maximum Gasteiger partial charge on any atom is 0.350 e. The van der Waals surface area contributed by atoms with Crippen molar-refractivity contribution in [1.29, 1.82) is 0 Å². The topological polar surface area (TPSA) is 106 Å².